The lowest BCUT2D eigenvalue weighted by Gasteiger charge is -2.31. The Bertz CT molecular complexity index is 1180. The van der Waals surface area contributed by atoms with Crippen molar-refractivity contribution in [2.24, 2.45) is 0 Å². The lowest BCUT2D eigenvalue weighted by Crippen LogP contribution is -2.39. The van der Waals surface area contributed by atoms with Gasteiger partial charge in [-0.2, -0.15) is 0 Å². The van der Waals surface area contributed by atoms with Gasteiger partial charge in [-0.25, -0.2) is 13.4 Å². The van der Waals surface area contributed by atoms with Crippen molar-refractivity contribution in [2.75, 3.05) is 18.0 Å². The molecule has 4 nitrogen and oxygen atoms in total. The SMILES string of the molecule is Cc1ccc(C)c(Cc2csc(N3CCC(S(=O)(=O)c4cc(Cl)cc(Cl)c4)CC3)n2)c1. The normalized spacial score (nSPS) is 15.4. The van der Waals surface area contributed by atoms with E-state index in [0.29, 0.717) is 36.0 Å². The van der Waals surface area contributed by atoms with Crippen LogP contribution in [0.3, 0.4) is 0 Å². The van der Waals surface area contributed by atoms with Gasteiger partial charge in [0, 0.05) is 34.9 Å². The molecule has 0 aliphatic carbocycles. The van der Waals surface area contributed by atoms with Crippen molar-refractivity contribution in [1.29, 1.82) is 0 Å². The van der Waals surface area contributed by atoms with Crippen LogP contribution in [0.15, 0.2) is 46.7 Å². The highest BCUT2D eigenvalue weighted by Gasteiger charge is 2.32. The molecule has 1 aromatic heterocycles. The zero-order valence-corrected chi connectivity index (χ0v) is 20.6. The summed E-state index contributed by atoms with van der Waals surface area (Å²) in [5.74, 6) is 0. The first-order valence-electron chi connectivity index (χ1n) is 10.2. The van der Waals surface area contributed by atoms with Crippen LogP contribution in [0.2, 0.25) is 10.0 Å². The fraction of sp³-hybridized carbons (Fsp3) is 0.348. The number of aryl methyl sites for hydroxylation is 2. The fourth-order valence-corrected chi connectivity index (χ4v) is 7.28. The Morgan fingerprint density at radius 2 is 1.74 bits per heavy atom. The van der Waals surface area contributed by atoms with Crippen molar-refractivity contribution in [2.45, 2.75) is 43.3 Å². The van der Waals surface area contributed by atoms with Gasteiger partial charge < -0.3 is 4.90 Å². The molecule has 0 radical (unpaired) electrons. The summed E-state index contributed by atoms with van der Waals surface area (Å²) in [7, 11) is -3.47. The van der Waals surface area contributed by atoms with Gasteiger partial charge >= 0.3 is 0 Å². The summed E-state index contributed by atoms with van der Waals surface area (Å²) < 4.78 is 26.1. The van der Waals surface area contributed by atoms with E-state index in [4.69, 9.17) is 28.2 Å². The minimum absolute atomic E-state index is 0.202. The maximum absolute atomic E-state index is 13.1. The molecule has 1 fully saturated rings. The number of benzene rings is 2. The first-order valence-corrected chi connectivity index (χ1v) is 13.4. The summed E-state index contributed by atoms with van der Waals surface area (Å²) in [6, 6.07) is 11.0. The van der Waals surface area contributed by atoms with E-state index in [1.54, 1.807) is 17.4 Å². The maximum Gasteiger partial charge on any atom is 0.185 e. The highest BCUT2D eigenvalue weighted by molar-refractivity contribution is 7.92. The van der Waals surface area contributed by atoms with Crippen LogP contribution in [0, 0.1) is 13.8 Å². The zero-order valence-electron chi connectivity index (χ0n) is 17.4. The number of anilines is 1. The van der Waals surface area contributed by atoms with E-state index >= 15 is 0 Å². The molecule has 0 N–H and O–H groups in total. The molecule has 0 unspecified atom stereocenters. The van der Waals surface area contributed by atoms with Gasteiger partial charge in [0.15, 0.2) is 15.0 Å². The molecule has 1 aliphatic heterocycles. The Hall–Kier alpha value is -1.60. The second-order valence-corrected chi connectivity index (χ2v) is 12.0. The quantitative estimate of drug-likeness (QED) is 0.429. The number of thiazole rings is 1. The van der Waals surface area contributed by atoms with Crippen LogP contribution in [-0.2, 0) is 16.3 Å². The van der Waals surface area contributed by atoms with Crippen LogP contribution in [0.5, 0.6) is 0 Å². The van der Waals surface area contributed by atoms with Crippen LogP contribution >= 0.6 is 34.5 Å². The summed E-state index contributed by atoms with van der Waals surface area (Å²) >= 11 is 13.7. The van der Waals surface area contributed by atoms with Crippen molar-refractivity contribution >= 4 is 49.5 Å². The molecule has 0 atom stereocenters. The molecule has 0 spiro atoms. The predicted octanol–water partition coefficient (Wildman–Crippen LogP) is 6.10. The molecule has 31 heavy (non-hydrogen) atoms. The van der Waals surface area contributed by atoms with Gasteiger partial charge in [-0.3, -0.25) is 0 Å². The summed E-state index contributed by atoms with van der Waals surface area (Å²) in [4.78, 5) is 7.22. The molecular formula is C23H24Cl2N2O2S2. The minimum Gasteiger partial charge on any atom is -0.348 e. The lowest BCUT2D eigenvalue weighted by molar-refractivity contribution is 0.529. The van der Waals surface area contributed by atoms with E-state index in [9.17, 15) is 8.42 Å². The number of rotatable bonds is 5. The van der Waals surface area contributed by atoms with Gasteiger partial charge in [0.2, 0.25) is 0 Å². The Morgan fingerprint density at radius 1 is 1.06 bits per heavy atom. The fourth-order valence-electron chi connectivity index (χ4n) is 3.95. The third kappa shape index (κ3) is 5.08. The van der Waals surface area contributed by atoms with Crippen LogP contribution in [0.4, 0.5) is 5.13 Å². The van der Waals surface area contributed by atoms with E-state index in [1.807, 2.05) is 0 Å². The van der Waals surface area contributed by atoms with Gasteiger partial charge in [0.1, 0.15) is 0 Å². The second-order valence-electron chi connectivity index (χ2n) is 8.06. The number of halogens is 2. The zero-order chi connectivity index (χ0) is 22.2. The largest absolute Gasteiger partial charge is 0.348 e. The van der Waals surface area contributed by atoms with E-state index in [0.717, 1.165) is 17.2 Å². The minimum atomic E-state index is -3.47. The molecule has 0 bridgehead atoms. The van der Waals surface area contributed by atoms with Crippen molar-refractivity contribution in [3.05, 3.63) is 74.2 Å². The molecular weight excluding hydrogens is 471 g/mol. The van der Waals surface area contributed by atoms with E-state index in [1.165, 1.54) is 28.8 Å². The molecule has 2 aromatic carbocycles. The number of aromatic nitrogens is 1. The average molecular weight is 495 g/mol. The topological polar surface area (TPSA) is 50.3 Å². The Morgan fingerprint density at radius 3 is 2.42 bits per heavy atom. The van der Waals surface area contributed by atoms with Crippen LogP contribution in [-0.4, -0.2) is 31.7 Å². The summed E-state index contributed by atoms with van der Waals surface area (Å²) in [5.41, 5.74) is 4.87. The standard InChI is InChI=1S/C23H24Cl2N2O2S2/c1-15-3-4-16(2)17(9-15)10-20-14-30-23(26-20)27-7-5-21(6-8-27)31(28,29)22-12-18(24)11-19(25)13-22/h3-4,9,11-14,21H,5-8,10H2,1-2H3. The molecule has 3 aromatic rings. The highest BCUT2D eigenvalue weighted by Crippen LogP contribution is 2.31. The van der Waals surface area contributed by atoms with Crippen molar-refractivity contribution in [3.8, 4) is 0 Å². The first-order chi connectivity index (χ1) is 14.7. The van der Waals surface area contributed by atoms with Crippen molar-refractivity contribution < 1.29 is 8.42 Å². The van der Waals surface area contributed by atoms with Crippen molar-refractivity contribution in [1.82, 2.24) is 4.98 Å². The molecule has 1 aliphatic rings. The summed E-state index contributed by atoms with van der Waals surface area (Å²) in [5, 5.41) is 3.30. The Labute approximate surface area is 197 Å². The maximum atomic E-state index is 13.1. The van der Waals surface area contributed by atoms with E-state index in [2.05, 4.69) is 42.3 Å². The van der Waals surface area contributed by atoms with E-state index in [-0.39, 0.29) is 4.90 Å². The van der Waals surface area contributed by atoms with Crippen LogP contribution < -0.4 is 4.90 Å². The Kier molecular flexibility index (Phi) is 6.63. The molecule has 8 heteroatoms. The smallest absolute Gasteiger partial charge is 0.185 e. The molecule has 4 rings (SSSR count). The average Bonchev–Trinajstić information content (AvgIpc) is 3.19. The second kappa shape index (κ2) is 9.10. The summed E-state index contributed by atoms with van der Waals surface area (Å²) in [6.07, 6.45) is 1.92. The molecule has 1 saturated heterocycles. The third-order valence-electron chi connectivity index (χ3n) is 5.73. The van der Waals surface area contributed by atoms with Gasteiger partial charge in [-0.1, -0.05) is 47.0 Å². The first kappa shape index (κ1) is 22.6. The predicted molar refractivity (Wildman–Crippen MR) is 130 cm³/mol. The van der Waals surface area contributed by atoms with Crippen LogP contribution in [0.1, 0.15) is 35.2 Å². The number of piperidine rings is 1. The molecule has 0 amide bonds. The third-order valence-corrected chi connectivity index (χ3v) is 9.36. The van der Waals surface area contributed by atoms with Gasteiger partial charge in [-0.15, -0.1) is 11.3 Å². The van der Waals surface area contributed by atoms with Gasteiger partial charge in [0.25, 0.3) is 0 Å². The number of nitrogens with zero attached hydrogens (tertiary/aromatic N) is 2. The molecule has 164 valence electrons. The number of hydrogen-bond acceptors (Lipinski definition) is 5. The number of sulfone groups is 1. The van der Waals surface area contributed by atoms with Crippen LogP contribution in [0.25, 0.3) is 0 Å². The molecule has 2 heterocycles. The number of hydrogen-bond donors (Lipinski definition) is 0. The lowest BCUT2D eigenvalue weighted by atomic mass is 10.0. The van der Waals surface area contributed by atoms with E-state index < -0.39 is 15.1 Å². The van der Waals surface area contributed by atoms with Gasteiger partial charge in [-0.05, 0) is 56.0 Å². The monoisotopic (exact) mass is 494 g/mol. The Balaban J connectivity index is 1.43. The van der Waals surface area contributed by atoms with Crippen molar-refractivity contribution in [3.63, 3.8) is 0 Å². The molecule has 0 saturated carbocycles. The van der Waals surface area contributed by atoms with Gasteiger partial charge in [0.05, 0.1) is 15.8 Å². The summed E-state index contributed by atoms with van der Waals surface area (Å²) in [6.45, 7) is 5.55. The highest BCUT2D eigenvalue weighted by atomic mass is 35.5.